The maximum absolute atomic E-state index is 12.2. The first-order chi connectivity index (χ1) is 9.85. The molecule has 1 saturated carbocycles. The van der Waals surface area contributed by atoms with E-state index >= 15 is 0 Å². The van der Waals surface area contributed by atoms with Gasteiger partial charge in [-0.1, -0.05) is 0 Å². The summed E-state index contributed by atoms with van der Waals surface area (Å²) in [5.74, 6) is -1.25. The van der Waals surface area contributed by atoms with Crippen LogP contribution in [0.5, 0.6) is 0 Å². The first kappa shape index (κ1) is 15.6. The average molecular weight is 298 g/mol. The number of carbonyl (C=O) groups is 3. The molecule has 7 nitrogen and oxygen atoms in total. The summed E-state index contributed by atoms with van der Waals surface area (Å²) in [6.07, 6.45) is 2.51. The van der Waals surface area contributed by atoms with Crippen LogP contribution in [0, 0.1) is 11.3 Å². The lowest BCUT2D eigenvalue weighted by molar-refractivity contribution is -0.147. The van der Waals surface area contributed by atoms with Gasteiger partial charge in [0.25, 0.3) is 0 Å². The molecule has 118 valence electrons. The summed E-state index contributed by atoms with van der Waals surface area (Å²) < 4.78 is 4.71. The number of aliphatic carboxylic acids is 1. The first-order valence-electron chi connectivity index (χ1n) is 7.22. The van der Waals surface area contributed by atoms with Crippen LogP contribution >= 0.6 is 0 Å². The number of amides is 2. The number of likely N-dealkylation sites (tertiary alicyclic amines) is 1. The third-order valence-electron chi connectivity index (χ3n) is 4.57. The Bertz CT molecular complexity index is 453. The number of hydrogen-bond donors (Lipinski definition) is 2. The summed E-state index contributed by atoms with van der Waals surface area (Å²) in [6.45, 7) is 2.33. The van der Waals surface area contributed by atoms with Crippen molar-refractivity contribution in [1.29, 1.82) is 0 Å². The van der Waals surface area contributed by atoms with Gasteiger partial charge in [-0.2, -0.15) is 0 Å². The van der Waals surface area contributed by atoms with Crippen LogP contribution in [-0.2, 0) is 14.3 Å². The van der Waals surface area contributed by atoms with E-state index in [0.717, 1.165) is 6.42 Å². The first-order valence-corrected chi connectivity index (χ1v) is 7.22. The number of carbonyl (C=O) groups excluding carboxylic acids is 2. The predicted octanol–water partition coefficient (Wildman–Crippen LogP) is 0.834. The molecule has 0 spiro atoms. The molecule has 2 N–H and O–H groups in total. The standard InChI is InChI=1S/C14H22N2O5/c1-14(12(18)19)5-6-16(8-14)13(20)15-10-4-3-9(7-10)11(17)21-2/h9-10H,3-8H2,1-2H3,(H,15,20)(H,18,19)/t9-,10+,14?/m0/s1. The fourth-order valence-corrected chi connectivity index (χ4v) is 3.07. The van der Waals surface area contributed by atoms with Crippen LogP contribution in [-0.4, -0.2) is 54.2 Å². The van der Waals surface area contributed by atoms with Crippen LogP contribution < -0.4 is 5.32 Å². The molecule has 7 heteroatoms. The predicted molar refractivity (Wildman–Crippen MR) is 73.6 cm³/mol. The molecular weight excluding hydrogens is 276 g/mol. The lowest BCUT2D eigenvalue weighted by Crippen LogP contribution is -2.44. The summed E-state index contributed by atoms with van der Waals surface area (Å²) in [5, 5.41) is 12.1. The maximum atomic E-state index is 12.2. The Balaban J connectivity index is 1.84. The summed E-state index contributed by atoms with van der Waals surface area (Å²) >= 11 is 0. The van der Waals surface area contributed by atoms with Crippen LogP contribution in [0.3, 0.4) is 0 Å². The Kier molecular flexibility index (Phi) is 4.39. The molecule has 0 radical (unpaired) electrons. The second-order valence-corrected chi connectivity index (χ2v) is 6.22. The molecule has 1 aliphatic carbocycles. The zero-order valence-corrected chi connectivity index (χ0v) is 12.4. The minimum atomic E-state index is -0.871. The largest absolute Gasteiger partial charge is 0.481 e. The quantitative estimate of drug-likeness (QED) is 0.753. The number of urea groups is 1. The molecule has 3 atom stereocenters. The third-order valence-corrected chi connectivity index (χ3v) is 4.57. The molecular formula is C14H22N2O5. The molecule has 1 unspecified atom stereocenters. The SMILES string of the molecule is COC(=O)[C@H]1CC[C@@H](NC(=O)N2CCC(C)(C(=O)O)C2)C1. The number of hydrogen-bond acceptors (Lipinski definition) is 4. The molecule has 0 aromatic heterocycles. The molecule has 1 aliphatic heterocycles. The fraction of sp³-hybridized carbons (Fsp3) is 0.786. The van der Waals surface area contributed by atoms with Crippen molar-refractivity contribution >= 4 is 18.0 Å². The van der Waals surface area contributed by atoms with Gasteiger partial charge in [-0.05, 0) is 32.6 Å². The number of carboxylic acid groups (broad SMARTS) is 1. The van der Waals surface area contributed by atoms with Gasteiger partial charge in [0.15, 0.2) is 0 Å². The Morgan fingerprint density at radius 2 is 2.05 bits per heavy atom. The van der Waals surface area contributed by atoms with E-state index in [9.17, 15) is 14.4 Å². The Hall–Kier alpha value is -1.79. The highest BCUT2D eigenvalue weighted by molar-refractivity contribution is 5.80. The lowest BCUT2D eigenvalue weighted by atomic mass is 9.90. The highest BCUT2D eigenvalue weighted by Crippen LogP contribution is 2.31. The number of nitrogens with zero attached hydrogens (tertiary/aromatic N) is 1. The van der Waals surface area contributed by atoms with E-state index in [2.05, 4.69) is 5.32 Å². The van der Waals surface area contributed by atoms with Gasteiger partial charge in [0.2, 0.25) is 0 Å². The van der Waals surface area contributed by atoms with E-state index in [4.69, 9.17) is 9.84 Å². The van der Waals surface area contributed by atoms with Crippen molar-refractivity contribution in [1.82, 2.24) is 10.2 Å². The van der Waals surface area contributed by atoms with Gasteiger partial charge in [-0.25, -0.2) is 4.79 Å². The minimum absolute atomic E-state index is 0.0433. The van der Waals surface area contributed by atoms with E-state index in [1.165, 1.54) is 7.11 Å². The van der Waals surface area contributed by atoms with Gasteiger partial charge in [0.05, 0.1) is 18.4 Å². The molecule has 0 bridgehead atoms. The second kappa shape index (κ2) is 5.91. The monoisotopic (exact) mass is 298 g/mol. The van der Waals surface area contributed by atoms with Crippen molar-refractivity contribution in [3.63, 3.8) is 0 Å². The number of rotatable bonds is 3. The summed E-state index contributed by atoms with van der Waals surface area (Å²) in [5.41, 5.74) is -0.860. The normalized spacial score (nSPS) is 32.0. The number of methoxy groups -OCH3 is 1. The van der Waals surface area contributed by atoms with Crippen molar-refractivity contribution in [2.75, 3.05) is 20.2 Å². The summed E-state index contributed by atoms with van der Waals surface area (Å²) in [7, 11) is 1.37. The summed E-state index contributed by atoms with van der Waals surface area (Å²) in [4.78, 5) is 36.3. The lowest BCUT2D eigenvalue weighted by Gasteiger charge is -2.22. The van der Waals surface area contributed by atoms with Crippen LogP contribution in [0.4, 0.5) is 4.79 Å². The third kappa shape index (κ3) is 3.28. The van der Waals surface area contributed by atoms with E-state index < -0.39 is 11.4 Å². The molecule has 0 aromatic rings. The highest BCUT2D eigenvalue weighted by atomic mass is 16.5. The van der Waals surface area contributed by atoms with E-state index in [1.54, 1.807) is 11.8 Å². The zero-order chi connectivity index (χ0) is 15.6. The number of nitrogens with one attached hydrogen (secondary N) is 1. The molecule has 0 aromatic carbocycles. The molecule has 1 saturated heterocycles. The van der Waals surface area contributed by atoms with Gasteiger partial charge in [-0.15, -0.1) is 0 Å². The van der Waals surface area contributed by atoms with Crippen LogP contribution in [0.25, 0.3) is 0 Å². The van der Waals surface area contributed by atoms with Gasteiger partial charge < -0.3 is 20.1 Å². The van der Waals surface area contributed by atoms with Gasteiger partial charge in [0.1, 0.15) is 0 Å². The topological polar surface area (TPSA) is 95.9 Å². The Morgan fingerprint density at radius 3 is 2.62 bits per heavy atom. The van der Waals surface area contributed by atoms with Crippen molar-refractivity contribution in [2.24, 2.45) is 11.3 Å². The Labute approximate surface area is 123 Å². The highest BCUT2D eigenvalue weighted by Gasteiger charge is 2.42. The molecule has 21 heavy (non-hydrogen) atoms. The molecule has 2 aliphatic rings. The van der Waals surface area contributed by atoms with Crippen molar-refractivity contribution in [3.05, 3.63) is 0 Å². The Morgan fingerprint density at radius 1 is 1.33 bits per heavy atom. The smallest absolute Gasteiger partial charge is 0.317 e. The number of ether oxygens (including phenoxy) is 1. The molecule has 2 fully saturated rings. The van der Waals surface area contributed by atoms with Crippen LogP contribution in [0.1, 0.15) is 32.6 Å². The maximum Gasteiger partial charge on any atom is 0.317 e. The molecule has 2 rings (SSSR count). The minimum Gasteiger partial charge on any atom is -0.481 e. The zero-order valence-electron chi connectivity index (χ0n) is 12.4. The average Bonchev–Trinajstić information content (AvgIpc) is 3.05. The van der Waals surface area contributed by atoms with E-state index in [0.29, 0.717) is 25.8 Å². The second-order valence-electron chi connectivity index (χ2n) is 6.22. The fourth-order valence-electron chi connectivity index (χ4n) is 3.07. The van der Waals surface area contributed by atoms with Crippen molar-refractivity contribution < 1.29 is 24.2 Å². The van der Waals surface area contributed by atoms with Crippen molar-refractivity contribution in [3.8, 4) is 0 Å². The van der Waals surface area contributed by atoms with Crippen LogP contribution in [0.2, 0.25) is 0 Å². The van der Waals surface area contributed by atoms with Crippen molar-refractivity contribution in [2.45, 2.75) is 38.6 Å². The molecule has 2 amide bonds. The van der Waals surface area contributed by atoms with Gasteiger partial charge in [0, 0.05) is 19.1 Å². The number of carboxylic acids is 1. The molecule has 1 heterocycles. The number of esters is 1. The summed E-state index contributed by atoms with van der Waals surface area (Å²) in [6, 6.07) is -0.284. The van der Waals surface area contributed by atoms with E-state index in [1.807, 2.05) is 0 Å². The van der Waals surface area contributed by atoms with E-state index in [-0.39, 0.29) is 30.5 Å². The van der Waals surface area contributed by atoms with Gasteiger partial charge in [-0.3, -0.25) is 9.59 Å². The van der Waals surface area contributed by atoms with Gasteiger partial charge >= 0.3 is 18.0 Å². The van der Waals surface area contributed by atoms with Crippen LogP contribution in [0.15, 0.2) is 0 Å².